The van der Waals surface area contributed by atoms with Gasteiger partial charge in [0, 0.05) is 18.8 Å². The fraction of sp³-hybridized carbons (Fsp3) is 0.200. The van der Waals surface area contributed by atoms with E-state index in [0.29, 0.717) is 16.5 Å². The van der Waals surface area contributed by atoms with E-state index in [1.165, 1.54) is 16.3 Å². The van der Waals surface area contributed by atoms with Crippen molar-refractivity contribution in [3.8, 4) is 0 Å². The minimum atomic E-state index is -3.70. The Kier molecular flexibility index (Phi) is 4.03. The van der Waals surface area contributed by atoms with Gasteiger partial charge in [0.25, 0.3) is 0 Å². The molecule has 1 N–H and O–H groups in total. The Labute approximate surface area is 138 Å². The van der Waals surface area contributed by atoms with E-state index in [4.69, 9.17) is 0 Å². The molecule has 0 fully saturated rings. The van der Waals surface area contributed by atoms with Crippen molar-refractivity contribution in [3.05, 3.63) is 42.1 Å². The molecule has 6 nitrogen and oxygen atoms in total. The molecule has 0 aliphatic carbocycles. The predicted molar refractivity (Wildman–Crippen MR) is 90.9 cm³/mol. The van der Waals surface area contributed by atoms with Gasteiger partial charge in [-0.15, -0.1) is 11.8 Å². The summed E-state index contributed by atoms with van der Waals surface area (Å²) in [4.78, 5) is 4.80. The summed E-state index contributed by atoms with van der Waals surface area (Å²) in [5.74, 6) is 0.692. The van der Waals surface area contributed by atoms with Gasteiger partial charge in [-0.3, -0.25) is 0 Å². The Balaban J connectivity index is 2.39. The van der Waals surface area contributed by atoms with Crippen LogP contribution in [0.1, 0.15) is 5.69 Å². The van der Waals surface area contributed by atoms with Crippen molar-refractivity contribution in [2.45, 2.75) is 21.7 Å². The van der Waals surface area contributed by atoms with Crippen LogP contribution in [0.15, 0.2) is 51.2 Å². The first-order valence-electron chi connectivity index (χ1n) is 6.91. The van der Waals surface area contributed by atoms with E-state index in [2.05, 4.69) is 15.4 Å². The van der Waals surface area contributed by atoms with Crippen LogP contribution in [0.5, 0.6) is 0 Å². The Morgan fingerprint density at radius 3 is 2.52 bits per heavy atom. The molecule has 0 aliphatic rings. The third-order valence-electron chi connectivity index (χ3n) is 3.42. The Morgan fingerprint density at radius 1 is 1.22 bits per heavy atom. The van der Waals surface area contributed by atoms with E-state index >= 15 is 0 Å². The van der Waals surface area contributed by atoms with Crippen molar-refractivity contribution in [2.75, 3.05) is 18.6 Å². The lowest BCUT2D eigenvalue weighted by atomic mass is 10.4. The highest BCUT2D eigenvalue weighted by atomic mass is 32.2. The number of fused-ring (bicyclic) bond motifs is 1. The quantitative estimate of drug-likeness (QED) is 0.731. The van der Waals surface area contributed by atoms with Crippen molar-refractivity contribution in [1.29, 1.82) is 0 Å². The van der Waals surface area contributed by atoms with Crippen LogP contribution in [-0.4, -0.2) is 36.3 Å². The summed E-state index contributed by atoms with van der Waals surface area (Å²) in [6.07, 6.45) is 1.80. The van der Waals surface area contributed by atoms with E-state index in [9.17, 15) is 8.42 Å². The molecule has 0 unspecified atom stereocenters. The number of benzene rings is 1. The minimum absolute atomic E-state index is 0.149. The van der Waals surface area contributed by atoms with Gasteiger partial charge in [0.2, 0.25) is 9.84 Å². The zero-order chi connectivity index (χ0) is 16.6. The SMILES string of the molecule is CNc1cc(C)nc2c(S(=O)(=O)c3ccccc3)c(SC)nn12. The van der Waals surface area contributed by atoms with Crippen LogP contribution < -0.4 is 5.32 Å². The van der Waals surface area contributed by atoms with Gasteiger partial charge in [0.15, 0.2) is 10.5 Å². The topological polar surface area (TPSA) is 76.4 Å². The molecule has 0 saturated carbocycles. The second kappa shape index (κ2) is 5.86. The predicted octanol–water partition coefficient (Wildman–Crippen LogP) is 2.63. The number of nitrogens with zero attached hydrogens (tertiary/aromatic N) is 3. The third kappa shape index (κ3) is 2.57. The Hall–Kier alpha value is -2.06. The number of aromatic nitrogens is 3. The van der Waals surface area contributed by atoms with Gasteiger partial charge in [-0.05, 0) is 25.3 Å². The highest BCUT2D eigenvalue weighted by Crippen LogP contribution is 2.33. The Morgan fingerprint density at radius 2 is 1.91 bits per heavy atom. The molecule has 8 heteroatoms. The maximum absolute atomic E-state index is 13.1. The molecule has 1 aromatic carbocycles. The summed E-state index contributed by atoms with van der Waals surface area (Å²) < 4.78 is 27.7. The lowest BCUT2D eigenvalue weighted by Crippen LogP contribution is -2.05. The number of aryl methyl sites for hydroxylation is 1. The molecule has 0 aliphatic heterocycles. The van der Waals surface area contributed by atoms with Crippen molar-refractivity contribution < 1.29 is 8.42 Å². The standard InChI is InChI=1S/C15H16N4O2S2/c1-10-9-12(16-2)19-14(17-10)13(15(18-19)22-3)23(20,21)11-7-5-4-6-8-11/h4-9,16H,1-3H3. The fourth-order valence-electron chi connectivity index (χ4n) is 2.36. The van der Waals surface area contributed by atoms with Gasteiger partial charge >= 0.3 is 0 Å². The normalized spacial score (nSPS) is 11.8. The second-order valence-electron chi connectivity index (χ2n) is 4.92. The molecule has 3 rings (SSSR count). The van der Waals surface area contributed by atoms with Crippen molar-refractivity contribution >= 4 is 33.1 Å². The van der Waals surface area contributed by atoms with Gasteiger partial charge in [0.05, 0.1) is 4.90 Å². The highest BCUT2D eigenvalue weighted by molar-refractivity contribution is 7.99. The molecule has 0 spiro atoms. The third-order valence-corrected chi connectivity index (χ3v) is 6.02. The van der Waals surface area contributed by atoms with Gasteiger partial charge in [-0.1, -0.05) is 18.2 Å². The number of thioether (sulfide) groups is 1. The van der Waals surface area contributed by atoms with E-state index in [1.54, 1.807) is 43.6 Å². The number of hydrogen-bond donors (Lipinski definition) is 1. The molecule has 120 valence electrons. The Bertz CT molecular complexity index is 966. The average molecular weight is 348 g/mol. The van der Waals surface area contributed by atoms with Gasteiger partial charge in [-0.25, -0.2) is 13.4 Å². The summed E-state index contributed by atoms with van der Waals surface area (Å²) in [5.41, 5.74) is 1.06. The van der Waals surface area contributed by atoms with E-state index in [0.717, 1.165) is 5.69 Å². The van der Waals surface area contributed by atoms with Crippen LogP contribution in [0.4, 0.5) is 5.82 Å². The van der Waals surface area contributed by atoms with Crippen molar-refractivity contribution in [3.63, 3.8) is 0 Å². The molecule has 0 atom stereocenters. The minimum Gasteiger partial charge on any atom is -0.373 e. The first-order valence-corrected chi connectivity index (χ1v) is 9.62. The summed E-state index contributed by atoms with van der Waals surface area (Å²) in [6.45, 7) is 1.82. The molecular weight excluding hydrogens is 332 g/mol. The zero-order valence-electron chi connectivity index (χ0n) is 12.9. The fourth-order valence-corrected chi connectivity index (χ4v) is 4.78. The summed E-state index contributed by atoms with van der Waals surface area (Å²) in [5, 5.41) is 7.87. The number of rotatable bonds is 4. The maximum Gasteiger partial charge on any atom is 0.213 e. The molecule has 2 aromatic heterocycles. The highest BCUT2D eigenvalue weighted by Gasteiger charge is 2.29. The summed E-state index contributed by atoms with van der Waals surface area (Å²) >= 11 is 1.29. The number of nitrogens with one attached hydrogen (secondary N) is 1. The second-order valence-corrected chi connectivity index (χ2v) is 7.60. The van der Waals surface area contributed by atoms with Gasteiger partial charge in [-0.2, -0.15) is 9.61 Å². The van der Waals surface area contributed by atoms with Crippen LogP contribution in [0.2, 0.25) is 0 Å². The number of anilines is 1. The van der Waals surface area contributed by atoms with Crippen LogP contribution in [-0.2, 0) is 9.84 Å². The van der Waals surface area contributed by atoms with E-state index < -0.39 is 9.84 Å². The van der Waals surface area contributed by atoms with E-state index in [-0.39, 0.29) is 9.79 Å². The maximum atomic E-state index is 13.1. The molecule has 2 heterocycles. The molecule has 0 radical (unpaired) electrons. The van der Waals surface area contributed by atoms with Crippen molar-refractivity contribution in [1.82, 2.24) is 14.6 Å². The van der Waals surface area contributed by atoms with Gasteiger partial charge in [0.1, 0.15) is 10.8 Å². The number of hydrogen-bond acceptors (Lipinski definition) is 6. The molecule has 0 amide bonds. The molecule has 0 bridgehead atoms. The number of sulfone groups is 1. The summed E-state index contributed by atoms with van der Waals surface area (Å²) in [6, 6.07) is 10.2. The molecule has 23 heavy (non-hydrogen) atoms. The molecular formula is C15H16N4O2S2. The van der Waals surface area contributed by atoms with Crippen LogP contribution in [0.3, 0.4) is 0 Å². The molecule has 0 saturated heterocycles. The average Bonchev–Trinajstić information content (AvgIpc) is 2.93. The van der Waals surface area contributed by atoms with Gasteiger partial charge < -0.3 is 5.32 Å². The molecule has 3 aromatic rings. The lowest BCUT2D eigenvalue weighted by molar-refractivity contribution is 0.594. The zero-order valence-corrected chi connectivity index (χ0v) is 14.6. The first kappa shape index (κ1) is 15.8. The van der Waals surface area contributed by atoms with Crippen molar-refractivity contribution in [2.24, 2.45) is 0 Å². The van der Waals surface area contributed by atoms with Crippen LogP contribution in [0.25, 0.3) is 5.65 Å². The smallest absolute Gasteiger partial charge is 0.213 e. The van der Waals surface area contributed by atoms with Crippen LogP contribution >= 0.6 is 11.8 Å². The van der Waals surface area contributed by atoms with E-state index in [1.807, 2.05) is 13.0 Å². The van der Waals surface area contributed by atoms with Crippen LogP contribution in [0, 0.1) is 6.92 Å². The summed E-state index contributed by atoms with van der Waals surface area (Å²) in [7, 11) is -1.94. The largest absolute Gasteiger partial charge is 0.373 e. The lowest BCUT2D eigenvalue weighted by Gasteiger charge is -2.06. The monoisotopic (exact) mass is 348 g/mol. The first-order chi connectivity index (χ1) is 11.0.